The van der Waals surface area contributed by atoms with Crippen LogP contribution in [0.1, 0.15) is 20.3 Å². The fourth-order valence-electron chi connectivity index (χ4n) is 1.73. The van der Waals surface area contributed by atoms with E-state index in [-0.39, 0.29) is 6.42 Å². The standard InChI is InChI=1S/C13H14N4O2/c1-13(2,8-11(18)19)17-7-4-10(9-16-17)12-14-5-3-6-15-12/h3-7,9H,8H2,1-2H3. The van der Waals surface area contributed by atoms with Crippen LogP contribution in [0.4, 0.5) is 0 Å². The highest BCUT2D eigenvalue weighted by Gasteiger charge is 2.30. The number of nitrogens with zero attached hydrogens (tertiary/aromatic N) is 4. The predicted octanol–water partition coefficient (Wildman–Crippen LogP) is -0.299. The highest BCUT2D eigenvalue weighted by atomic mass is 16.4. The van der Waals surface area contributed by atoms with Crippen LogP contribution in [0.3, 0.4) is 0 Å². The van der Waals surface area contributed by atoms with Crippen molar-refractivity contribution in [2.75, 3.05) is 0 Å². The Hall–Kier alpha value is -2.37. The van der Waals surface area contributed by atoms with E-state index < -0.39 is 11.5 Å². The van der Waals surface area contributed by atoms with Crippen molar-refractivity contribution < 1.29 is 14.6 Å². The Balaban J connectivity index is 2.26. The second kappa shape index (κ2) is 5.09. The molecule has 19 heavy (non-hydrogen) atoms. The van der Waals surface area contributed by atoms with Crippen molar-refractivity contribution in [1.82, 2.24) is 15.1 Å². The molecule has 2 aromatic rings. The van der Waals surface area contributed by atoms with Crippen LogP contribution < -0.4 is 9.79 Å². The van der Waals surface area contributed by atoms with Crippen LogP contribution in [-0.4, -0.2) is 21.0 Å². The first kappa shape index (κ1) is 13.1. The molecular weight excluding hydrogens is 244 g/mol. The quantitative estimate of drug-likeness (QED) is 0.703. The largest absolute Gasteiger partial charge is 0.550 e. The lowest BCUT2D eigenvalue weighted by molar-refractivity contribution is -0.809. The fourth-order valence-corrected chi connectivity index (χ4v) is 1.73. The molecule has 0 aliphatic carbocycles. The fraction of sp³-hybridized carbons (Fsp3) is 0.308. The average molecular weight is 258 g/mol. The zero-order chi connectivity index (χ0) is 13.9. The summed E-state index contributed by atoms with van der Waals surface area (Å²) in [5.41, 5.74) is 0.135. The summed E-state index contributed by atoms with van der Waals surface area (Å²) in [6.07, 6.45) is 6.54. The summed E-state index contributed by atoms with van der Waals surface area (Å²) in [4.78, 5) is 19.0. The third-order valence-electron chi connectivity index (χ3n) is 2.74. The second-order valence-corrected chi connectivity index (χ2v) is 4.79. The second-order valence-electron chi connectivity index (χ2n) is 4.79. The highest BCUT2D eigenvalue weighted by Crippen LogP contribution is 2.13. The van der Waals surface area contributed by atoms with Crippen LogP contribution in [-0.2, 0) is 10.3 Å². The van der Waals surface area contributed by atoms with Crippen molar-refractivity contribution >= 4 is 5.97 Å². The molecule has 0 saturated heterocycles. The van der Waals surface area contributed by atoms with Crippen molar-refractivity contribution in [2.45, 2.75) is 25.8 Å². The first-order valence-corrected chi connectivity index (χ1v) is 5.85. The molecule has 6 nitrogen and oxygen atoms in total. The van der Waals surface area contributed by atoms with Gasteiger partial charge in [-0.1, -0.05) is 4.68 Å². The zero-order valence-electron chi connectivity index (χ0n) is 10.8. The molecule has 0 bridgehead atoms. The summed E-state index contributed by atoms with van der Waals surface area (Å²) in [5.74, 6) is -0.519. The van der Waals surface area contributed by atoms with E-state index in [0.29, 0.717) is 5.82 Å². The first-order valence-electron chi connectivity index (χ1n) is 5.85. The number of hydrogen-bond acceptors (Lipinski definition) is 5. The van der Waals surface area contributed by atoms with E-state index in [4.69, 9.17) is 0 Å². The molecule has 0 saturated carbocycles. The van der Waals surface area contributed by atoms with E-state index in [9.17, 15) is 9.90 Å². The molecule has 2 rings (SSSR count). The Kier molecular flexibility index (Phi) is 3.50. The van der Waals surface area contributed by atoms with Crippen molar-refractivity contribution in [3.8, 4) is 11.4 Å². The number of hydrogen-bond donors (Lipinski definition) is 0. The summed E-state index contributed by atoms with van der Waals surface area (Å²) in [6, 6.07) is 3.54. The van der Waals surface area contributed by atoms with Gasteiger partial charge in [-0.3, -0.25) is 0 Å². The molecule has 0 aliphatic rings. The van der Waals surface area contributed by atoms with Gasteiger partial charge in [0.25, 0.3) is 0 Å². The molecule has 0 fully saturated rings. The van der Waals surface area contributed by atoms with Gasteiger partial charge in [0.1, 0.15) is 6.20 Å². The van der Waals surface area contributed by atoms with Crippen LogP contribution >= 0.6 is 0 Å². The lowest BCUT2D eigenvalue weighted by atomic mass is 10.0. The Morgan fingerprint density at radius 1 is 1.37 bits per heavy atom. The minimum absolute atomic E-state index is 0.105. The van der Waals surface area contributed by atoms with Gasteiger partial charge in [0, 0.05) is 43.8 Å². The summed E-state index contributed by atoms with van der Waals surface area (Å²) in [7, 11) is 0. The maximum Gasteiger partial charge on any atom is 0.197 e. The summed E-state index contributed by atoms with van der Waals surface area (Å²) in [6.45, 7) is 3.57. The highest BCUT2D eigenvalue weighted by molar-refractivity contribution is 5.65. The number of carbonyl (C=O) groups excluding carboxylic acids is 1. The van der Waals surface area contributed by atoms with E-state index in [1.165, 1.54) is 0 Å². The molecule has 0 aromatic carbocycles. The van der Waals surface area contributed by atoms with Gasteiger partial charge in [0.05, 0.1) is 6.42 Å². The molecule has 0 N–H and O–H groups in total. The summed E-state index contributed by atoms with van der Waals surface area (Å²) in [5, 5.41) is 14.9. The van der Waals surface area contributed by atoms with Crippen LogP contribution in [0.2, 0.25) is 0 Å². The minimum Gasteiger partial charge on any atom is -0.550 e. The number of carboxylic acids is 1. The zero-order valence-corrected chi connectivity index (χ0v) is 10.8. The van der Waals surface area contributed by atoms with Gasteiger partial charge in [0.2, 0.25) is 0 Å². The number of rotatable bonds is 4. The van der Waals surface area contributed by atoms with Gasteiger partial charge in [-0.05, 0) is 11.2 Å². The molecule has 0 aliphatic heterocycles. The van der Waals surface area contributed by atoms with Gasteiger partial charge in [-0.15, -0.1) is 0 Å². The van der Waals surface area contributed by atoms with E-state index >= 15 is 0 Å². The van der Waals surface area contributed by atoms with Crippen molar-refractivity contribution in [1.29, 1.82) is 0 Å². The van der Waals surface area contributed by atoms with Gasteiger partial charge in [-0.25, -0.2) is 9.97 Å². The predicted molar refractivity (Wildman–Crippen MR) is 64.4 cm³/mol. The smallest absolute Gasteiger partial charge is 0.197 e. The Morgan fingerprint density at radius 2 is 2.05 bits per heavy atom. The van der Waals surface area contributed by atoms with E-state index in [1.54, 1.807) is 55.4 Å². The maximum absolute atomic E-state index is 10.7. The normalized spacial score (nSPS) is 11.3. The molecule has 0 radical (unpaired) electrons. The van der Waals surface area contributed by atoms with E-state index in [1.807, 2.05) is 0 Å². The molecule has 0 spiro atoms. The van der Waals surface area contributed by atoms with Crippen molar-refractivity contribution in [3.63, 3.8) is 0 Å². The van der Waals surface area contributed by atoms with Gasteiger partial charge in [-0.2, -0.15) is 0 Å². The number of aliphatic carboxylic acids is 1. The summed E-state index contributed by atoms with van der Waals surface area (Å²) < 4.78 is 1.59. The topological polar surface area (TPSA) is 82.7 Å². The van der Waals surface area contributed by atoms with E-state index in [2.05, 4.69) is 15.1 Å². The number of carbonyl (C=O) groups is 1. The maximum atomic E-state index is 10.7. The Labute approximate surface area is 110 Å². The third kappa shape index (κ3) is 3.09. The number of aromatic nitrogens is 4. The SMILES string of the molecule is CC(C)(CC(=O)[O-])[n+]1ccc(-c2ncccn2)cn1. The van der Waals surface area contributed by atoms with Gasteiger partial charge >= 0.3 is 0 Å². The van der Waals surface area contributed by atoms with Crippen molar-refractivity contribution in [3.05, 3.63) is 36.9 Å². The van der Waals surface area contributed by atoms with Gasteiger partial charge in [0.15, 0.2) is 17.6 Å². The Morgan fingerprint density at radius 3 is 2.58 bits per heavy atom. The molecule has 98 valence electrons. The molecule has 6 heteroatoms. The lowest BCUT2D eigenvalue weighted by Gasteiger charge is -2.17. The number of carboxylic acid groups (broad SMARTS) is 1. The Bertz CT molecular complexity index is 567. The molecule has 0 unspecified atom stereocenters. The molecule has 2 heterocycles. The van der Waals surface area contributed by atoms with Crippen LogP contribution in [0.5, 0.6) is 0 Å². The first-order chi connectivity index (χ1) is 8.99. The lowest BCUT2D eigenvalue weighted by Crippen LogP contribution is -2.56. The molecule has 2 aromatic heterocycles. The molecule has 0 amide bonds. The van der Waals surface area contributed by atoms with Crippen molar-refractivity contribution in [2.24, 2.45) is 0 Å². The van der Waals surface area contributed by atoms with Crippen LogP contribution in [0.25, 0.3) is 11.4 Å². The van der Waals surface area contributed by atoms with Crippen LogP contribution in [0, 0.1) is 0 Å². The summed E-state index contributed by atoms with van der Waals surface area (Å²) >= 11 is 0. The molecular formula is C13H14N4O2. The van der Waals surface area contributed by atoms with Crippen LogP contribution in [0.15, 0.2) is 36.9 Å². The monoisotopic (exact) mass is 258 g/mol. The third-order valence-corrected chi connectivity index (χ3v) is 2.74. The minimum atomic E-state index is -1.10. The van der Waals surface area contributed by atoms with E-state index in [0.717, 1.165) is 5.56 Å². The average Bonchev–Trinajstić information content (AvgIpc) is 2.38. The molecule has 0 atom stereocenters. The van der Waals surface area contributed by atoms with Gasteiger partial charge < -0.3 is 9.90 Å².